The van der Waals surface area contributed by atoms with Gasteiger partial charge < -0.3 is 14.8 Å². The van der Waals surface area contributed by atoms with E-state index in [2.05, 4.69) is 15.3 Å². The number of pyridine rings is 1. The average Bonchev–Trinajstić information content (AvgIpc) is 3.59. The zero-order valence-electron chi connectivity index (χ0n) is 18.7. The zero-order chi connectivity index (χ0) is 24.8. The molecule has 1 saturated carbocycles. The number of amides is 2. The van der Waals surface area contributed by atoms with Gasteiger partial charge in [0.25, 0.3) is 17.0 Å². The Morgan fingerprint density at radius 2 is 2.09 bits per heavy atom. The minimum Gasteiger partial charge on any atom is -0.493 e. The van der Waals surface area contributed by atoms with Gasteiger partial charge in [0.1, 0.15) is 17.2 Å². The number of carbonyl (C=O) groups is 2. The van der Waals surface area contributed by atoms with Gasteiger partial charge in [0.15, 0.2) is 0 Å². The van der Waals surface area contributed by atoms with Crippen molar-refractivity contribution in [2.45, 2.75) is 25.8 Å². The first-order valence-corrected chi connectivity index (χ1v) is 12.1. The van der Waals surface area contributed by atoms with E-state index in [1.165, 1.54) is 48.0 Å². The molecule has 4 rings (SSSR count). The lowest BCUT2D eigenvalue weighted by molar-refractivity contribution is 0.0700. The van der Waals surface area contributed by atoms with E-state index in [0.717, 1.165) is 4.88 Å². The first-order chi connectivity index (χ1) is 16.9. The van der Waals surface area contributed by atoms with Gasteiger partial charge in [-0.05, 0) is 56.0 Å². The molecule has 1 atom stereocenters. The summed E-state index contributed by atoms with van der Waals surface area (Å²) in [5.74, 6) is 0.681. The Balaban J connectivity index is 1.31. The number of rotatable bonds is 10. The highest BCUT2D eigenvalue weighted by molar-refractivity contribution is 7.14. The molecule has 0 saturated heterocycles. The molecule has 35 heavy (non-hydrogen) atoms. The molecule has 1 aromatic carbocycles. The van der Waals surface area contributed by atoms with Crippen LogP contribution in [0.15, 0.2) is 48.8 Å². The number of aromatic nitrogens is 2. The van der Waals surface area contributed by atoms with Gasteiger partial charge in [-0.3, -0.25) is 19.8 Å². The van der Waals surface area contributed by atoms with Gasteiger partial charge in [-0.2, -0.15) is 0 Å². The highest BCUT2D eigenvalue weighted by Gasteiger charge is 2.22. The number of nitrogens with zero attached hydrogens (tertiary/aromatic N) is 2. The molecule has 3 aromatic rings. The number of ether oxygens (including phenoxy) is 2. The van der Waals surface area contributed by atoms with Gasteiger partial charge in [-0.25, -0.2) is 10.5 Å². The minimum absolute atomic E-state index is 0.0685. The first kappa shape index (κ1) is 24.6. The van der Waals surface area contributed by atoms with Crippen molar-refractivity contribution in [1.82, 2.24) is 20.8 Å². The van der Waals surface area contributed by atoms with Crippen molar-refractivity contribution in [3.8, 4) is 16.7 Å². The summed E-state index contributed by atoms with van der Waals surface area (Å²) in [6.45, 7) is 2.52. The highest BCUT2D eigenvalue weighted by Crippen LogP contribution is 2.35. The molecule has 0 unspecified atom stereocenters. The van der Waals surface area contributed by atoms with Gasteiger partial charge in [-0.1, -0.05) is 29.0 Å². The van der Waals surface area contributed by atoms with Crippen LogP contribution in [0, 0.1) is 5.92 Å². The predicted molar refractivity (Wildman–Crippen MR) is 131 cm³/mol. The van der Waals surface area contributed by atoms with E-state index in [1.54, 1.807) is 24.4 Å². The van der Waals surface area contributed by atoms with E-state index < -0.39 is 5.91 Å². The lowest BCUT2D eigenvalue weighted by Gasteiger charge is -2.10. The summed E-state index contributed by atoms with van der Waals surface area (Å²) in [7, 11) is 0. The van der Waals surface area contributed by atoms with Gasteiger partial charge in [0.05, 0.1) is 16.5 Å². The maximum atomic E-state index is 12.5. The fourth-order valence-corrected chi connectivity index (χ4v) is 3.87. The molecule has 1 aliphatic rings. The summed E-state index contributed by atoms with van der Waals surface area (Å²) in [6.07, 6.45) is 9.05. The molecule has 2 heterocycles. The van der Waals surface area contributed by atoms with Crippen LogP contribution in [0.5, 0.6) is 16.7 Å². The van der Waals surface area contributed by atoms with Crippen molar-refractivity contribution in [2.75, 3.05) is 6.61 Å². The van der Waals surface area contributed by atoms with Gasteiger partial charge in [0.2, 0.25) is 0 Å². The van der Waals surface area contributed by atoms with Crippen LogP contribution in [-0.4, -0.2) is 39.6 Å². The third-order valence-electron chi connectivity index (χ3n) is 5.05. The van der Waals surface area contributed by atoms with Gasteiger partial charge >= 0.3 is 0 Å². The number of hydroxylamine groups is 1. The topological polar surface area (TPSA) is 123 Å². The summed E-state index contributed by atoms with van der Waals surface area (Å²) in [6, 6.07) is 7.78. The van der Waals surface area contributed by atoms with Crippen LogP contribution in [0.3, 0.4) is 0 Å². The van der Waals surface area contributed by atoms with E-state index in [9.17, 15) is 9.59 Å². The summed E-state index contributed by atoms with van der Waals surface area (Å²) in [5.41, 5.74) is 1.66. The summed E-state index contributed by atoms with van der Waals surface area (Å²) < 4.78 is 11.5. The third-order valence-corrected chi connectivity index (χ3v) is 6.19. The molecule has 1 aliphatic carbocycles. The number of carbonyl (C=O) groups excluding carboxylic acids is 2. The van der Waals surface area contributed by atoms with Crippen molar-refractivity contribution in [1.29, 1.82) is 0 Å². The molecule has 2 amide bonds. The maximum absolute atomic E-state index is 12.5. The van der Waals surface area contributed by atoms with Crippen LogP contribution in [-0.2, 0) is 0 Å². The van der Waals surface area contributed by atoms with Crippen molar-refractivity contribution in [3.63, 3.8) is 0 Å². The average molecular weight is 515 g/mol. The van der Waals surface area contributed by atoms with Crippen LogP contribution in [0.2, 0.25) is 5.02 Å². The van der Waals surface area contributed by atoms with Crippen molar-refractivity contribution >= 4 is 40.8 Å². The Kier molecular flexibility index (Phi) is 7.96. The molecule has 9 nitrogen and oxygen atoms in total. The number of nitrogens with one attached hydrogen (secondary N) is 2. The van der Waals surface area contributed by atoms with E-state index in [-0.39, 0.29) is 23.2 Å². The first-order valence-electron chi connectivity index (χ1n) is 10.9. The second-order valence-electron chi connectivity index (χ2n) is 7.97. The molecule has 11 heteroatoms. The molecule has 0 radical (unpaired) electrons. The molecule has 2 aromatic heterocycles. The summed E-state index contributed by atoms with van der Waals surface area (Å²) in [4.78, 5) is 32.8. The maximum Gasteiger partial charge on any atom is 0.293 e. The smallest absolute Gasteiger partial charge is 0.293 e. The molecular weight excluding hydrogens is 492 g/mol. The Labute approximate surface area is 210 Å². The Bertz CT molecular complexity index is 1240. The molecule has 0 bridgehead atoms. The zero-order valence-corrected chi connectivity index (χ0v) is 20.3. The van der Waals surface area contributed by atoms with E-state index in [0.29, 0.717) is 34.2 Å². The number of hydrogen-bond donors (Lipinski definition) is 3. The largest absolute Gasteiger partial charge is 0.493 e. The van der Waals surface area contributed by atoms with Crippen LogP contribution in [0.1, 0.15) is 45.5 Å². The van der Waals surface area contributed by atoms with Crippen molar-refractivity contribution in [2.24, 2.45) is 5.92 Å². The van der Waals surface area contributed by atoms with Gasteiger partial charge in [-0.15, -0.1) is 0 Å². The molecule has 0 aliphatic heterocycles. The molecule has 182 valence electrons. The Hall–Kier alpha value is -3.47. The van der Waals surface area contributed by atoms with E-state index in [4.69, 9.17) is 26.3 Å². The summed E-state index contributed by atoms with van der Waals surface area (Å²) >= 11 is 7.66. The Morgan fingerprint density at radius 3 is 2.83 bits per heavy atom. The lowest BCUT2D eigenvalue weighted by atomic mass is 10.2. The number of hydrogen-bond acceptors (Lipinski definition) is 8. The molecular formula is C24H23ClN4O5S. The predicted octanol–water partition coefficient (Wildman–Crippen LogP) is 4.72. The standard InChI is InChI=1S/C24H23ClN4O5S/c1-14(28-22(30)16-8-9-26-20(10-16)23(31)29-32)2-6-18-12-27-24(35-18)34-21-7-5-17(11-19(21)25)33-13-15-3-4-15/h2,5-12,14-15,32H,3-4,13H2,1H3,(H,28,30)(H,29,31)/b6-2+/t14-/m0/s1. The van der Waals surface area contributed by atoms with Crippen LogP contribution >= 0.6 is 22.9 Å². The molecule has 3 N–H and O–H groups in total. The van der Waals surface area contributed by atoms with Crippen LogP contribution in [0.25, 0.3) is 6.08 Å². The minimum atomic E-state index is -0.796. The highest BCUT2D eigenvalue weighted by atomic mass is 35.5. The lowest BCUT2D eigenvalue weighted by Crippen LogP contribution is -2.31. The molecule has 0 spiro atoms. The third kappa shape index (κ3) is 7.01. The normalized spacial score (nSPS) is 13.9. The monoisotopic (exact) mass is 514 g/mol. The SMILES string of the molecule is C[C@@H](/C=C/c1cnc(Oc2ccc(OCC3CC3)cc2Cl)s1)NC(=O)c1ccnc(C(=O)NO)c1. The number of benzene rings is 1. The van der Waals surface area contributed by atoms with E-state index >= 15 is 0 Å². The fraction of sp³-hybridized carbons (Fsp3) is 0.250. The fourth-order valence-electron chi connectivity index (χ4n) is 2.97. The van der Waals surface area contributed by atoms with Crippen LogP contribution < -0.4 is 20.3 Å². The number of thiazole rings is 1. The Morgan fingerprint density at radius 1 is 1.26 bits per heavy atom. The quantitative estimate of drug-likeness (QED) is 0.264. The van der Waals surface area contributed by atoms with Crippen LogP contribution in [0.4, 0.5) is 0 Å². The van der Waals surface area contributed by atoms with Crippen molar-refractivity contribution in [3.05, 3.63) is 70.0 Å². The summed E-state index contributed by atoms with van der Waals surface area (Å²) in [5, 5.41) is 12.4. The molecule has 1 fully saturated rings. The second kappa shape index (κ2) is 11.3. The van der Waals surface area contributed by atoms with Gasteiger partial charge in [0, 0.05) is 30.1 Å². The second-order valence-corrected chi connectivity index (χ2v) is 9.40. The van der Waals surface area contributed by atoms with E-state index in [1.807, 2.05) is 19.1 Å². The number of halogens is 1. The van der Waals surface area contributed by atoms with Crippen molar-refractivity contribution < 1.29 is 24.3 Å².